The van der Waals surface area contributed by atoms with Crippen LogP contribution in [0.15, 0.2) is 40.9 Å². The van der Waals surface area contributed by atoms with Crippen molar-refractivity contribution in [2.24, 2.45) is 0 Å². The Morgan fingerprint density at radius 2 is 1.86 bits per heavy atom. The monoisotopic (exact) mass is 367 g/mol. The van der Waals surface area contributed by atoms with Crippen molar-refractivity contribution >= 4 is 39.1 Å². The Labute approximate surface area is 135 Å². The van der Waals surface area contributed by atoms with Crippen LogP contribution in [0.25, 0.3) is 0 Å². The van der Waals surface area contributed by atoms with E-state index in [1.807, 2.05) is 6.07 Å². The SMILES string of the molecule is O=C(Nc1ccc(Br)cc1Cl)c1ccc2c(c1)OCCO2. The molecule has 1 aliphatic rings. The first-order valence-electron chi connectivity index (χ1n) is 6.29. The zero-order chi connectivity index (χ0) is 14.8. The third-order valence-electron chi connectivity index (χ3n) is 2.98. The molecule has 0 fully saturated rings. The zero-order valence-electron chi connectivity index (χ0n) is 10.9. The van der Waals surface area contributed by atoms with Crippen LogP contribution in [0.4, 0.5) is 5.69 Å². The summed E-state index contributed by atoms with van der Waals surface area (Å²) in [6.07, 6.45) is 0. The number of anilines is 1. The van der Waals surface area contributed by atoms with Crippen LogP contribution in [0.5, 0.6) is 11.5 Å². The van der Waals surface area contributed by atoms with Gasteiger partial charge < -0.3 is 14.8 Å². The minimum atomic E-state index is -0.254. The molecule has 1 aliphatic heterocycles. The molecule has 0 aliphatic carbocycles. The van der Waals surface area contributed by atoms with Crippen LogP contribution in [0.1, 0.15) is 10.4 Å². The second-order valence-electron chi connectivity index (χ2n) is 4.44. The smallest absolute Gasteiger partial charge is 0.255 e. The molecule has 1 heterocycles. The normalized spacial score (nSPS) is 12.9. The van der Waals surface area contributed by atoms with Gasteiger partial charge in [0.05, 0.1) is 10.7 Å². The molecular weight excluding hydrogens is 358 g/mol. The summed E-state index contributed by atoms with van der Waals surface area (Å²) in [4.78, 5) is 12.3. The van der Waals surface area contributed by atoms with Gasteiger partial charge in [0, 0.05) is 10.0 Å². The first-order chi connectivity index (χ1) is 10.1. The van der Waals surface area contributed by atoms with E-state index in [2.05, 4.69) is 21.2 Å². The molecule has 0 spiro atoms. The molecule has 2 aromatic carbocycles. The Bertz CT molecular complexity index is 705. The van der Waals surface area contributed by atoms with Crippen molar-refractivity contribution in [3.63, 3.8) is 0 Å². The molecule has 1 N–H and O–H groups in total. The van der Waals surface area contributed by atoms with E-state index in [0.717, 1.165) is 4.47 Å². The first-order valence-corrected chi connectivity index (χ1v) is 7.46. The molecule has 4 nitrogen and oxygen atoms in total. The molecule has 3 rings (SSSR count). The van der Waals surface area contributed by atoms with Crippen molar-refractivity contribution in [1.82, 2.24) is 0 Å². The van der Waals surface area contributed by atoms with E-state index < -0.39 is 0 Å². The Balaban J connectivity index is 1.82. The molecule has 0 aromatic heterocycles. The standard InChI is InChI=1S/C15H11BrClNO3/c16-10-2-3-12(11(17)8-10)18-15(19)9-1-4-13-14(7-9)21-6-5-20-13/h1-4,7-8H,5-6H2,(H,18,19). The van der Waals surface area contributed by atoms with Crippen LogP contribution >= 0.6 is 27.5 Å². The number of ether oxygens (including phenoxy) is 2. The van der Waals surface area contributed by atoms with Crippen LogP contribution in [0, 0.1) is 0 Å². The topological polar surface area (TPSA) is 47.6 Å². The average Bonchev–Trinajstić information content (AvgIpc) is 2.49. The lowest BCUT2D eigenvalue weighted by Crippen LogP contribution is -2.17. The van der Waals surface area contributed by atoms with Crippen molar-refractivity contribution in [1.29, 1.82) is 0 Å². The molecule has 0 saturated heterocycles. The van der Waals surface area contributed by atoms with E-state index in [4.69, 9.17) is 21.1 Å². The number of hydrogen-bond donors (Lipinski definition) is 1. The fourth-order valence-corrected chi connectivity index (χ4v) is 2.69. The Morgan fingerprint density at radius 3 is 2.62 bits per heavy atom. The quantitative estimate of drug-likeness (QED) is 0.867. The fraction of sp³-hybridized carbons (Fsp3) is 0.133. The van der Waals surface area contributed by atoms with Gasteiger partial charge in [0.2, 0.25) is 0 Å². The van der Waals surface area contributed by atoms with E-state index in [1.165, 1.54) is 0 Å². The molecule has 0 bridgehead atoms. The maximum Gasteiger partial charge on any atom is 0.255 e. The summed E-state index contributed by atoms with van der Waals surface area (Å²) in [5.41, 5.74) is 1.04. The van der Waals surface area contributed by atoms with Crippen molar-refractivity contribution in [2.45, 2.75) is 0 Å². The van der Waals surface area contributed by atoms with Crippen LogP contribution < -0.4 is 14.8 Å². The molecular formula is C15H11BrClNO3. The number of nitrogens with one attached hydrogen (secondary N) is 1. The van der Waals surface area contributed by atoms with Gasteiger partial charge >= 0.3 is 0 Å². The lowest BCUT2D eigenvalue weighted by molar-refractivity contribution is 0.102. The summed E-state index contributed by atoms with van der Waals surface area (Å²) in [5.74, 6) is 0.978. The second kappa shape index (κ2) is 5.95. The number of rotatable bonds is 2. The summed E-state index contributed by atoms with van der Waals surface area (Å²) < 4.78 is 11.7. The highest BCUT2D eigenvalue weighted by Gasteiger charge is 2.15. The molecule has 21 heavy (non-hydrogen) atoms. The van der Waals surface area contributed by atoms with Gasteiger partial charge in [-0.3, -0.25) is 4.79 Å². The summed E-state index contributed by atoms with van der Waals surface area (Å²) >= 11 is 9.41. The minimum Gasteiger partial charge on any atom is -0.486 e. The highest BCUT2D eigenvalue weighted by atomic mass is 79.9. The van der Waals surface area contributed by atoms with Crippen LogP contribution in [0.3, 0.4) is 0 Å². The van der Waals surface area contributed by atoms with E-state index in [9.17, 15) is 4.79 Å². The summed E-state index contributed by atoms with van der Waals surface area (Å²) in [6, 6.07) is 10.4. The van der Waals surface area contributed by atoms with Crippen molar-refractivity contribution in [2.75, 3.05) is 18.5 Å². The van der Waals surface area contributed by atoms with Crippen LogP contribution in [-0.2, 0) is 0 Å². The van der Waals surface area contributed by atoms with Crippen molar-refractivity contribution < 1.29 is 14.3 Å². The number of amides is 1. The lowest BCUT2D eigenvalue weighted by Gasteiger charge is -2.18. The highest BCUT2D eigenvalue weighted by molar-refractivity contribution is 9.10. The molecule has 6 heteroatoms. The lowest BCUT2D eigenvalue weighted by atomic mass is 10.1. The second-order valence-corrected chi connectivity index (χ2v) is 5.76. The predicted octanol–water partition coefficient (Wildman–Crippen LogP) is 4.13. The molecule has 0 unspecified atom stereocenters. The van der Waals surface area contributed by atoms with Crippen LogP contribution in [0.2, 0.25) is 5.02 Å². The molecule has 2 aromatic rings. The third kappa shape index (κ3) is 3.14. The van der Waals surface area contributed by atoms with Gasteiger partial charge in [0.1, 0.15) is 13.2 Å². The Morgan fingerprint density at radius 1 is 1.10 bits per heavy atom. The number of carbonyl (C=O) groups excluding carboxylic acids is 1. The molecule has 108 valence electrons. The molecule has 0 radical (unpaired) electrons. The van der Waals surface area contributed by atoms with Gasteiger partial charge in [-0.15, -0.1) is 0 Å². The predicted molar refractivity (Wildman–Crippen MR) is 84.5 cm³/mol. The van der Waals surface area contributed by atoms with E-state index in [-0.39, 0.29) is 5.91 Å². The number of carbonyl (C=O) groups is 1. The number of halogens is 2. The Hall–Kier alpha value is -1.72. The van der Waals surface area contributed by atoms with Crippen LogP contribution in [-0.4, -0.2) is 19.1 Å². The molecule has 0 atom stereocenters. The highest BCUT2D eigenvalue weighted by Crippen LogP contribution is 2.31. The summed E-state index contributed by atoms with van der Waals surface area (Å²) in [7, 11) is 0. The zero-order valence-corrected chi connectivity index (χ0v) is 13.2. The Kier molecular flexibility index (Phi) is 4.03. The van der Waals surface area contributed by atoms with Crippen molar-refractivity contribution in [3.05, 3.63) is 51.5 Å². The molecule has 1 amide bonds. The van der Waals surface area contributed by atoms with Crippen molar-refractivity contribution in [3.8, 4) is 11.5 Å². The summed E-state index contributed by atoms with van der Waals surface area (Å²) in [5, 5.41) is 3.24. The van der Waals surface area contributed by atoms with E-state index in [0.29, 0.717) is 41.0 Å². The maximum absolute atomic E-state index is 12.3. The van der Waals surface area contributed by atoms with Gasteiger partial charge in [0.15, 0.2) is 11.5 Å². The van der Waals surface area contributed by atoms with E-state index in [1.54, 1.807) is 30.3 Å². The maximum atomic E-state index is 12.3. The summed E-state index contributed by atoms with van der Waals surface area (Å²) in [6.45, 7) is 1.00. The average molecular weight is 369 g/mol. The molecule has 0 saturated carbocycles. The van der Waals surface area contributed by atoms with Gasteiger partial charge in [0.25, 0.3) is 5.91 Å². The van der Waals surface area contributed by atoms with Gasteiger partial charge in [-0.1, -0.05) is 27.5 Å². The number of hydrogen-bond acceptors (Lipinski definition) is 3. The van der Waals surface area contributed by atoms with E-state index >= 15 is 0 Å². The minimum absolute atomic E-state index is 0.254. The number of fused-ring (bicyclic) bond motifs is 1. The fourth-order valence-electron chi connectivity index (χ4n) is 1.97. The number of benzene rings is 2. The van der Waals surface area contributed by atoms with Gasteiger partial charge in [-0.05, 0) is 36.4 Å². The van der Waals surface area contributed by atoms with Gasteiger partial charge in [-0.2, -0.15) is 0 Å². The largest absolute Gasteiger partial charge is 0.486 e. The third-order valence-corrected chi connectivity index (χ3v) is 3.79. The first kappa shape index (κ1) is 14.2. The van der Waals surface area contributed by atoms with Gasteiger partial charge in [-0.25, -0.2) is 0 Å².